The van der Waals surface area contributed by atoms with E-state index in [0.29, 0.717) is 18.2 Å². The predicted octanol–water partition coefficient (Wildman–Crippen LogP) is 0.0508. The van der Waals surface area contributed by atoms with Gasteiger partial charge in [0.25, 0.3) is 0 Å². The molecule has 1 aliphatic rings. The van der Waals surface area contributed by atoms with Crippen molar-refractivity contribution in [2.75, 3.05) is 44.2 Å². The minimum absolute atomic E-state index is 0.203. The number of nitrogens with zero attached hydrogens (tertiary/aromatic N) is 2. The zero-order valence-electron chi connectivity index (χ0n) is 12.4. The van der Waals surface area contributed by atoms with Crippen molar-refractivity contribution < 1.29 is 8.42 Å². The predicted molar refractivity (Wildman–Crippen MR) is 84.7 cm³/mol. The number of primary sulfonamides is 1. The topological polar surface area (TPSA) is 92.7 Å². The Balaban J connectivity index is 2.06. The van der Waals surface area contributed by atoms with Crippen LogP contribution in [0, 0.1) is 5.92 Å². The maximum Gasteiger partial charge on any atom is 0.240 e. The molecule has 1 heterocycles. The molecule has 1 fully saturated rings. The van der Waals surface area contributed by atoms with E-state index in [9.17, 15) is 8.42 Å². The normalized spacial score (nSPS) is 18.7. The van der Waals surface area contributed by atoms with E-state index in [1.165, 1.54) is 0 Å². The number of nitrogens with two attached hydrogens (primary N) is 2. The van der Waals surface area contributed by atoms with Crippen molar-refractivity contribution in [3.8, 4) is 0 Å². The molecule has 4 N–H and O–H groups in total. The molecule has 0 bridgehead atoms. The molecule has 1 aliphatic heterocycles. The van der Waals surface area contributed by atoms with E-state index < -0.39 is 10.0 Å². The van der Waals surface area contributed by atoms with E-state index >= 15 is 0 Å². The van der Waals surface area contributed by atoms with Gasteiger partial charge in [0, 0.05) is 32.7 Å². The Morgan fingerprint density at radius 1 is 1.19 bits per heavy atom. The first-order valence-electron chi connectivity index (χ1n) is 7.21. The zero-order chi connectivity index (χ0) is 15.5. The average molecular weight is 312 g/mol. The van der Waals surface area contributed by atoms with Gasteiger partial charge in [0.15, 0.2) is 0 Å². The molecule has 6 nitrogen and oxygen atoms in total. The van der Waals surface area contributed by atoms with Crippen molar-refractivity contribution in [3.05, 3.63) is 24.3 Å². The highest BCUT2D eigenvalue weighted by Crippen LogP contribution is 2.25. The van der Waals surface area contributed by atoms with Crippen molar-refractivity contribution in [3.63, 3.8) is 0 Å². The molecular formula is C14H24N4O2S. The van der Waals surface area contributed by atoms with Crippen molar-refractivity contribution in [1.82, 2.24) is 4.90 Å². The van der Waals surface area contributed by atoms with Crippen LogP contribution >= 0.6 is 0 Å². The van der Waals surface area contributed by atoms with Crippen LogP contribution in [0.3, 0.4) is 0 Å². The molecule has 1 aromatic rings. The molecule has 1 aromatic carbocycles. The fourth-order valence-corrected chi connectivity index (χ4v) is 3.40. The molecular weight excluding hydrogens is 288 g/mol. The zero-order valence-corrected chi connectivity index (χ0v) is 13.2. The molecule has 21 heavy (non-hydrogen) atoms. The van der Waals surface area contributed by atoms with Crippen LogP contribution in [-0.4, -0.2) is 52.6 Å². The van der Waals surface area contributed by atoms with Crippen LogP contribution < -0.4 is 15.8 Å². The lowest BCUT2D eigenvalue weighted by Crippen LogP contribution is -2.48. The molecule has 0 saturated carbocycles. The van der Waals surface area contributed by atoms with Gasteiger partial charge in [-0.3, -0.25) is 4.90 Å². The first-order valence-corrected chi connectivity index (χ1v) is 8.75. The van der Waals surface area contributed by atoms with Gasteiger partial charge < -0.3 is 10.6 Å². The van der Waals surface area contributed by atoms with Crippen LogP contribution in [0.1, 0.15) is 6.92 Å². The van der Waals surface area contributed by atoms with Crippen LogP contribution in [0.2, 0.25) is 0 Å². The summed E-state index contributed by atoms with van der Waals surface area (Å²) >= 11 is 0. The summed E-state index contributed by atoms with van der Waals surface area (Å²) in [4.78, 5) is 4.66. The standard InChI is InChI=1S/C14H24N4O2S/c1-12(10-15)11-17-6-8-18(9-7-17)13-4-2-3-5-14(13)21(16,19)20/h2-5,12H,6-11,15H2,1H3,(H2,16,19,20). The van der Waals surface area contributed by atoms with Gasteiger partial charge in [-0.05, 0) is 24.6 Å². The third-order valence-corrected chi connectivity index (χ3v) is 4.82. The molecule has 1 unspecified atom stereocenters. The Morgan fingerprint density at radius 3 is 2.38 bits per heavy atom. The first-order chi connectivity index (χ1) is 9.91. The van der Waals surface area contributed by atoms with Crippen molar-refractivity contribution >= 4 is 15.7 Å². The Kier molecular flexibility index (Phi) is 5.21. The number of hydrogen-bond acceptors (Lipinski definition) is 5. The molecule has 7 heteroatoms. The Morgan fingerprint density at radius 2 is 1.81 bits per heavy atom. The summed E-state index contributed by atoms with van der Waals surface area (Å²) in [5.41, 5.74) is 6.36. The van der Waals surface area contributed by atoms with Gasteiger partial charge in [-0.15, -0.1) is 0 Å². The van der Waals surface area contributed by atoms with E-state index in [0.717, 1.165) is 32.7 Å². The Bertz CT molecular complexity index is 568. The van der Waals surface area contributed by atoms with Crippen LogP contribution in [0.15, 0.2) is 29.2 Å². The lowest BCUT2D eigenvalue weighted by Gasteiger charge is -2.37. The van der Waals surface area contributed by atoms with Gasteiger partial charge in [0.05, 0.1) is 5.69 Å². The van der Waals surface area contributed by atoms with E-state index in [-0.39, 0.29) is 4.90 Å². The molecule has 0 aliphatic carbocycles. The highest BCUT2D eigenvalue weighted by Gasteiger charge is 2.22. The monoisotopic (exact) mass is 312 g/mol. The van der Waals surface area contributed by atoms with Crippen LogP contribution in [0.4, 0.5) is 5.69 Å². The van der Waals surface area contributed by atoms with Crippen molar-refractivity contribution in [2.24, 2.45) is 16.8 Å². The number of benzene rings is 1. The number of hydrogen-bond donors (Lipinski definition) is 2. The lowest BCUT2D eigenvalue weighted by atomic mass is 10.1. The van der Waals surface area contributed by atoms with E-state index in [1.54, 1.807) is 12.1 Å². The summed E-state index contributed by atoms with van der Waals surface area (Å²) in [7, 11) is -3.69. The van der Waals surface area contributed by atoms with Gasteiger partial charge in [-0.1, -0.05) is 19.1 Å². The third-order valence-electron chi connectivity index (χ3n) is 3.86. The van der Waals surface area contributed by atoms with E-state index in [2.05, 4.69) is 16.7 Å². The van der Waals surface area contributed by atoms with Crippen molar-refractivity contribution in [2.45, 2.75) is 11.8 Å². The Hall–Kier alpha value is -1.15. The summed E-state index contributed by atoms with van der Waals surface area (Å²) < 4.78 is 23.3. The van der Waals surface area contributed by atoms with Crippen LogP contribution in [0.5, 0.6) is 0 Å². The minimum Gasteiger partial charge on any atom is -0.368 e. The highest BCUT2D eigenvalue weighted by molar-refractivity contribution is 7.89. The number of rotatable bonds is 5. The number of piperazine rings is 1. The largest absolute Gasteiger partial charge is 0.368 e. The number of anilines is 1. The molecule has 0 spiro atoms. The van der Waals surface area contributed by atoms with Gasteiger partial charge in [-0.2, -0.15) is 0 Å². The molecule has 2 rings (SSSR count). The van der Waals surface area contributed by atoms with E-state index in [4.69, 9.17) is 10.9 Å². The second kappa shape index (κ2) is 6.74. The summed E-state index contributed by atoms with van der Waals surface area (Å²) in [6.45, 7) is 7.22. The quantitative estimate of drug-likeness (QED) is 0.801. The molecule has 0 amide bonds. The number of para-hydroxylation sites is 1. The summed E-state index contributed by atoms with van der Waals surface area (Å²) in [5, 5.41) is 5.30. The molecule has 0 radical (unpaired) electrons. The lowest BCUT2D eigenvalue weighted by molar-refractivity contribution is 0.227. The SMILES string of the molecule is CC(CN)CN1CCN(c2ccccc2S(N)(=O)=O)CC1. The second-order valence-electron chi connectivity index (χ2n) is 5.64. The summed E-state index contributed by atoms with van der Waals surface area (Å²) in [6.07, 6.45) is 0. The minimum atomic E-state index is -3.69. The van der Waals surface area contributed by atoms with Gasteiger partial charge in [0.2, 0.25) is 10.0 Å². The second-order valence-corrected chi connectivity index (χ2v) is 7.17. The van der Waals surface area contributed by atoms with Crippen molar-refractivity contribution in [1.29, 1.82) is 0 Å². The highest BCUT2D eigenvalue weighted by atomic mass is 32.2. The molecule has 1 saturated heterocycles. The average Bonchev–Trinajstić information content (AvgIpc) is 2.47. The fourth-order valence-electron chi connectivity index (χ4n) is 2.65. The first kappa shape index (κ1) is 16.2. The fraction of sp³-hybridized carbons (Fsp3) is 0.571. The van der Waals surface area contributed by atoms with Gasteiger partial charge >= 0.3 is 0 Å². The van der Waals surface area contributed by atoms with Crippen LogP contribution in [0.25, 0.3) is 0 Å². The third kappa shape index (κ3) is 4.16. The van der Waals surface area contributed by atoms with Gasteiger partial charge in [0.1, 0.15) is 4.90 Å². The van der Waals surface area contributed by atoms with E-state index in [1.807, 2.05) is 12.1 Å². The summed E-state index contributed by atoms with van der Waals surface area (Å²) in [5.74, 6) is 0.480. The van der Waals surface area contributed by atoms with Crippen LogP contribution in [-0.2, 0) is 10.0 Å². The maximum atomic E-state index is 11.7. The summed E-state index contributed by atoms with van der Waals surface area (Å²) in [6, 6.07) is 6.92. The maximum absolute atomic E-state index is 11.7. The molecule has 1 atom stereocenters. The smallest absolute Gasteiger partial charge is 0.240 e. The number of sulfonamides is 1. The molecule has 0 aromatic heterocycles. The van der Waals surface area contributed by atoms with Gasteiger partial charge in [-0.25, -0.2) is 13.6 Å². The Labute approximate surface area is 126 Å². The molecule has 118 valence electrons.